The molecule has 2 aromatic carbocycles. The van der Waals surface area contributed by atoms with Crippen molar-refractivity contribution in [3.8, 4) is 0 Å². The lowest BCUT2D eigenvalue weighted by Crippen LogP contribution is -2.46. The molecule has 0 spiro atoms. The van der Waals surface area contributed by atoms with E-state index < -0.39 is 51.2 Å². The Hall–Kier alpha value is -2.78. The molecule has 0 heterocycles. The number of hydrogen-bond acceptors (Lipinski definition) is 5. The number of halogens is 1. The van der Waals surface area contributed by atoms with Gasteiger partial charge >= 0.3 is 5.97 Å². The van der Waals surface area contributed by atoms with Gasteiger partial charge in [-0.1, -0.05) is 44.2 Å². The molecule has 174 valence electrons. The summed E-state index contributed by atoms with van der Waals surface area (Å²) in [7, 11) is -4.31. The number of carbonyl (C=O) groups excluding carboxylic acids is 2. The van der Waals surface area contributed by atoms with Crippen LogP contribution in [0.2, 0.25) is 0 Å². The minimum atomic E-state index is -4.31. The molecule has 0 fully saturated rings. The van der Waals surface area contributed by atoms with Crippen LogP contribution in [0.15, 0.2) is 47.4 Å². The molecular formula is C23H29FN2O5S. The lowest BCUT2D eigenvalue weighted by molar-refractivity contribution is -0.151. The fourth-order valence-corrected chi connectivity index (χ4v) is 4.39. The Morgan fingerprint density at radius 3 is 2.28 bits per heavy atom. The van der Waals surface area contributed by atoms with Crippen molar-refractivity contribution in [2.24, 2.45) is 5.92 Å². The summed E-state index contributed by atoms with van der Waals surface area (Å²) in [5.41, 5.74) is 3.14. The molecule has 0 aliphatic heterocycles. The van der Waals surface area contributed by atoms with Crippen LogP contribution in [0, 0.1) is 25.6 Å². The largest absolute Gasteiger partial charge is 0.454 e. The summed E-state index contributed by atoms with van der Waals surface area (Å²) >= 11 is 0. The van der Waals surface area contributed by atoms with Crippen LogP contribution in [0.3, 0.4) is 0 Å². The molecule has 0 radical (unpaired) electrons. The van der Waals surface area contributed by atoms with Crippen molar-refractivity contribution in [1.82, 2.24) is 10.0 Å². The topological polar surface area (TPSA) is 102 Å². The number of hydrogen-bond donors (Lipinski definition) is 2. The molecule has 2 N–H and O–H groups in total. The van der Waals surface area contributed by atoms with Gasteiger partial charge in [0.2, 0.25) is 10.0 Å². The van der Waals surface area contributed by atoms with Gasteiger partial charge in [-0.15, -0.1) is 0 Å². The second-order valence-corrected chi connectivity index (χ2v) is 9.70. The van der Waals surface area contributed by atoms with E-state index in [0.717, 1.165) is 28.8 Å². The molecule has 0 saturated carbocycles. The summed E-state index contributed by atoms with van der Waals surface area (Å²) in [5, 5.41) is 2.74. The zero-order valence-electron chi connectivity index (χ0n) is 18.8. The van der Waals surface area contributed by atoms with E-state index in [0.29, 0.717) is 0 Å². The number of esters is 1. The van der Waals surface area contributed by atoms with Gasteiger partial charge in [0.1, 0.15) is 16.8 Å². The quantitative estimate of drug-likeness (QED) is 0.555. The van der Waals surface area contributed by atoms with Gasteiger partial charge in [0.05, 0.1) is 6.04 Å². The van der Waals surface area contributed by atoms with E-state index in [-0.39, 0.29) is 6.04 Å². The van der Waals surface area contributed by atoms with E-state index in [4.69, 9.17) is 4.74 Å². The van der Waals surface area contributed by atoms with Gasteiger partial charge in [-0.05, 0) is 55.5 Å². The number of carbonyl (C=O) groups is 2. The van der Waals surface area contributed by atoms with Crippen molar-refractivity contribution < 1.29 is 27.1 Å². The van der Waals surface area contributed by atoms with Crippen LogP contribution in [0.1, 0.15) is 43.5 Å². The minimum absolute atomic E-state index is 0.305. The maximum atomic E-state index is 13.9. The average molecular weight is 465 g/mol. The number of rotatable bonds is 9. The molecule has 2 aromatic rings. The minimum Gasteiger partial charge on any atom is -0.454 e. The van der Waals surface area contributed by atoms with Crippen molar-refractivity contribution in [2.45, 2.75) is 51.6 Å². The van der Waals surface area contributed by atoms with E-state index in [1.54, 1.807) is 13.8 Å². The molecule has 7 nitrogen and oxygen atoms in total. The Kier molecular flexibility index (Phi) is 8.51. The van der Waals surface area contributed by atoms with Crippen LogP contribution >= 0.6 is 0 Å². The van der Waals surface area contributed by atoms with Crippen LogP contribution in [0.5, 0.6) is 0 Å². The molecule has 1 amide bonds. The zero-order valence-corrected chi connectivity index (χ0v) is 19.6. The molecule has 0 bridgehead atoms. The molecule has 2 rings (SSSR count). The normalized spacial score (nSPS) is 13.5. The summed E-state index contributed by atoms with van der Waals surface area (Å²) in [5.74, 6) is -2.88. The van der Waals surface area contributed by atoms with Gasteiger partial charge < -0.3 is 10.1 Å². The Morgan fingerprint density at radius 1 is 1.03 bits per heavy atom. The molecule has 0 aliphatic rings. The van der Waals surface area contributed by atoms with Gasteiger partial charge in [0.15, 0.2) is 6.61 Å². The first-order valence-electron chi connectivity index (χ1n) is 10.2. The van der Waals surface area contributed by atoms with E-state index in [9.17, 15) is 22.4 Å². The molecular weight excluding hydrogens is 435 g/mol. The average Bonchev–Trinajstić information content (AvgIpc) is 2.72. The van der Waals surface area contributed by atoms with E-state index in [1.807, 2.05) is 39.0 Å². The van der Waals surface area contributed by atoms with Crippen LogP contribution in [0.25, 0.3) is 0 Å². The van der Waals surface area contributed by atoms with Crippen LogP contribution < -0.4 is 10.0 Å². The first kappa shape index (κ1) is 25.5. The standard InChI is InChI=1S/C23H29FN2O5S/c1-14(2)22(26-32(29,30)20-9-7-6-8-19(20)24)23(28)31-13-21(27)25-17(5)18-11-10-15(3)16(4)12-18/h6-12,14,17,22,26H,13H2,1-5H3,(H,25,27)/t17?,22-/m0/s1. The maximum Gasteiger partial charge on any atom is 0.324 e. The summed E-state index contributed by atoms with van der Waals surface area (Å²) in [4.78, 5) is 24.2. The molecule has 1 unspecified atom stereocenters. The number of benzene rings is 2. The second kappa shape index (κ2) is 10.7. The van der Waals surface area contributed by atoms with Gasteiger partial charge in [-0.25, -0.2) is 12.8 Å². The summed E-state index contributed by atoms with van der Waals surface area (Å²) < 4.78 is 46.2. The first-order chi connectivity index (χ1) is 14.9. The molecule has 0 aromatic heterocycles. The third kappa shape index (κ3) is 6.61. The highest BCUT2D eigenvalue weighted by Gasteiger charge is 2.31. The van der Waals surface area contributed by atoms with E-state index >= 15 is 0 Å². The number of sulfonamides is 1. The summed E-state index contributed by atoms with van der Waals surface area (Å²) in [6.45, 7) is 8.42. The van der Waals surface area contributed by atoms with Crippen LogP contribution in [-0.4, -0.2) is 32.9 Å². The van der Waals surface area contributed by atoms with Gasteiger partial charge in [0, 0.05) is 0 Å². The van der Waals surface area contributed by atoms with E-state index in [2.05, 4.69) is 10.0 Å². The van der Waals surface area contributed by atoms with Gasteiger partial charge in [0.25, 0.3) is 5.91 Å². The lowest BCUT2D eigenvalue weighted by Gasteiger charge is -2.21. The number of amides is 1. The second-order valence-electron chi connectivity index (χ2n) is 8.01. The fourth-order valence-electron chi connectivity index (χ4n) is 2.98. The van der Waals surface area contributed by atoms with Crippen molar-refractivity contribution in [3.05, 3.63) is 65.0 Å². The number of nitrogens with one attached hydrogen (secondary N) is 2. The predicted molar refractivity (Wildman–Crippen MR) is 119 cm³/mol. The van der Waals surface area contributed by atoms with Crippen molar-refractivity contribution >= 4 is 21.9 Å². The monoisotopic (exact) mass is 464 g/mol. The van der Waals surface area contributed by atoms with Crippen LogP contribution in [0.4, 0.5) is 4.39 Å². The summed E-state index contributed by atoms with van der Waals surface area (Å²) in [6, 6.07) is 9.10. The third-order valence-corrected chi connectivity index (χ3v) is 6.56. The smallest absolute Gasteiger partial charge is 0.324 e. The van der Waals surface area contributed by atoms with Crippen LogP contribution in [-0.2, 0) is 24.3 Å². The maximum absolute atomic E-state index is 13.9. The Labute approximate surface area is 188 Å². The Balaban J connectivity index is 2.00. The SMILES string of the molecule is Cc1ccc(C(C)NC(=O)COC(=O)[C@@H](NS(=O)(=O)c2ccccc2F)C(C)C)cc1C. The number of aryl methyl sites for hydroxylation is 2. The lowest BCUT2D eigenvalue weighted by atomic mass is 10.0. The Morgan fingerprint density at radius 2 is 1.69 bits per heavy atom. The molecule has 0 saturated heterocycles. The first-order valence-corrected chi connectivity index (χ1v) is 11.7. The van der Waals surface area contributed by atoms with Gasteiger partial charge in [-0.2, -0.15) is 4.72 Å². The molecule has 2 atom stereocenters. The highest BCUT2D eigenvalue weighted by atomic mass is 32.2. The van der Waals surface area contributed by atoms with Crippen molar-refractivity contribution in [1.29, 1.82) is 0 Å². The fraction of sp³-hybridized carbons (Fsp3) is 0.391. The zero-order chi connectivity index (χ0) is 24.1. The van der Waals surface area contributed by atoms with Crippen molar-refractivity contribution in [3.63, 3.8) is 0 Å². The molecule has 9 heteroatoms. The summed E-state index contributed by atoms with van der Waals surface area (Å²) in [6.07, 6.45) is 0. The predicted octanol–water partition coefficient (Wildman–Crippen LogP) is 3.17. The highest BCUT2D eigenvalue weighted by molar-refractivity contribution is 7.89. The molecule has 0 aliphatic carbocycles. The highest BCUT2D eigenvalue weighted by Crippen LogP contribution is 2.18. The van der Waals surface area contributed by atoms with Gasteiger partial charge in [-0.3, -0.25) is 9.59 Å². The Bertz CT molecular complexity index is 1090. The number of ether oxygens (including phenoxy) is 1. The van der Waals surface area contributed by atoms with Crippen molar-refractivity contribution in [2.75, 3.05) is 6.61 Å². The molecule has 32 heavy (non-hydrogen) atoms. The third-order valence-electron chi connectivity index (χ3n) is 5.08. The van der Waals surface area contributed by atoms with E-state index in [1.165, 1.54) is 12.1 Å².